The topological polar surface area (TPSA) is 51.8 Å². The molecule has 0 saturated heterocycles. The maximum absolute atomic E-state index is 8.21. The van der Waals surface area contributed by atoms with Gasteiger partial charge in [0.25, 0.3) is 0 Å². The first-order chi connectivity index (χ1) is 12.8. The highest BCUT2D eigenvalue weighted by atomic mass is 15.2. The van der Waals surface area contributed by atoms with Crippen molar-refractivity contribution in [1.29, 1.82) is 5.41 Å². The van der Waals surface area contributed by atoms with Crippen LogP contribution in [0.5, 0.6) is 0 Å². The summed E-state index contributed by atoms with van der Waals surface area (Å²) in [5, 5.41) is 8.21. The van der Waals surface area contributed by atoms with Crippen LogP contribution >= 0.6 is 0 Å². The Morgan fingerprint density at radius 3 is 2.59 bits per heavy atom. The van der Waals surface area contributed by atoms with Gasteiger partial charge in [-0.1, -0.05) is 51.7 Å². The van der Waals surface area contributed by atoms with E-state index in [1.807, 2.05) is 38.3 Å². The van der Waals surface area contributed by atoms with Crippen LogP contribution in [-0.2, 0) is 0 Å². The number of nitrogens with zero attached hydrogens (tertiary/aromatic N) is 3. The summed E-state index contributed by atoms with van der Waals surface area (Å²) >= 11 is 0. The summed E-state index contributed by atoms with van der Waals surface area (Å²) in [6.45, 7) is 10.2. The summed E-state index contributed by atoms with van der Waals surface area (Å²) in [7, 11) is 0. The molecule has 0 aromatic rings. The molecule has 0 aromatic carbocycles. The lowest BCUT2D eigenvalue weighted by Crippen LogP contribution is -2.36. The Morgan fingerprint density at radius 2 is 1.96 bits per heavy atom. The molecule has 0 radical (unpaired) electrons. The average Bonchev–Trinajstić information content (AvgIpc) is 2.98. The van der Waals surface area contributed by atoms with Gasteiger partial charge in [-0.3, -0.25) is 14.9 Å². The Labute approximate surface area is 165 Å². The van der Waals surface area contributed by atoms with Crippen molar-refractivity contribution < 1.29 is 0 Å². The molecule has 1 atom stereocenters. The van der Waals surface area contributed by atoms with Crippen LogP contribution < -0.4 is 0 Å². The van der Waals surface area contributed by atoms with Gasteiger partial charge in [0, 0.05) is 25.7 Å². The van der Waals surface area contributed by atoms with E-state index in [2.05, 4.69) is 45.9 Å². The van der Waals surface area contributed by atoms with Gasteiger partial charge in [0.05, 0.1) is 12.3 Å². The normalized spacial score (nSPS) is 23.6. The molecule has 4 nitrogen and oxygen atoms in total. The second-order valence-corrected chi connectivity index (χ2v) is 6.17. The molecule has 0 aromatic heterocycles. The Morgan fingerprint density at radius 1 is 1.26 bits per heavy atom. The zero-order valence-corrected chi connectivity index (χ0v) is 16.0. The fourth-order valence-electron chi connectivity index (χ4n) is 3.21. The Balaban J connectivity index is 0.00000118. The molecule has 1 aliphatic carbocycles. The van der Waals surface area contributed by atoms with Crippen molar-refractivity contribution in [3.63, 3.8) is 0 Å². The minimum absolute atomic E-state index is 0. The zero-order chi connectivity index (χ0) is 18.8. The van der Waals surface area contributed by atoms with Gasteiger partial charge >= 0.3 is 0 Å². The molecule has 0 saturated carbocycles. The number of hydrogen-bond acceptors (Lipinski definition) is 4. The van der Waals surface area contributed by atoms with E-state index in [1.54, 1.807) is 0 Å². The molecule has 4 heteroatoms. The van der Waals surface area contributed by atoms with Gasteiger partial charge < -0.3 is 5.41 Å². The van der Waals surface area contributed by atoms with Crippen molar-refractivity contribution in [2.45, 2.75) is 46.7 Å². The predicted molar refractivity (Wildman–Crippen MR) is 120 cm³/mol. The van der Waals surface area contributed by atoms with Crippen molar-refractivity contribution >= 4 is 18.6 Å². The minimum Gasteiger partial charge on any atom is -0.300 e. The lowest BCUT2D eigenvalue weighted by molar-refractivity contribution is 0.211. The number of hydrogen-bond donors (Lipinski definition) is 1. The van der Waals surface area contributed by atoms with Crippen LogP contribution in [0.4, 0.5) is 0 Å². The maximum atomic E-state index is 8.21. The van der Waals surface area contributed by atoms with E-state index in [1.165, 1.54) is 5.57 Å². The second kappa shape index (κ2) is 12.1. The van der Waals surface area contributed by atoms with Crippen molar-refractivity contribution in [2.24, 2.45) is 9.98 Å². The number of dihydropyridines is 1. The summed E-state index contributed by atoms with van der Waals surface area (Å²) in [5.74, 6) is 0. The molecule has 1 unspecified atom stereocenters. The largest absolute Gasteiger partial charge is 0.300 e. The lowest BCUT2D eigenvalue weighted by atomic mass is 9.91. The summed E-state index contributed by atoms with van der Waals surface area (Å²) < 4.78 is 0. The Kier molecular flexibility index (Phi) is 10.2. The molecule has 27 heavy (non-hydrogen) atoms. The van der Waals surface area contributed by atoms with Crippen LogP contribution in [0, 0.1) is 5.41 Å². The average molecular weight is 367 g/mol. The second-order valence-electron chi connectivity index (χ2n) is 6.17. The van der Waals surface area contributed by atoms with Gasteiger partial charge in [0.2, 0.25) is 0 Å². The van der Waals surface area contributed by atoms with Gasteiger partial charge in [0.1, 0.15) is 6.17 Å². The fourth-order valence-corrected chi connectivity index (χ4v) is 3.21. The Hall–Kier alpha value is -2.33. The van der Waals surface area contributed by atoms with Crippen molar-refractivity contribution in [2.75, 3.05) is 19.6 Å². The fraction of sp³-hybridized carbons (Fsp3) is 0.435. The Bertz CT molecular complexity index is 679. The van der Waals surface area contributed by atoms with Crippen molar-refractivity contribution in [3.8, 4) is 0 Å². The van der Waals surface area contributed by atoms with Crippen LogP contribution in [0.1, 0.15) is 40.5 Å². The van der Waals surface area contributed by atoms with Crippen LogP contribution in [0.15, 0.2) is 69.2 Å². The van der Waals surface area contributed by atoms with Crippen LogP contribution in [0.2, 0.25) is 0 Å². The summed E-state index contributed by atoms with van der Waals surface area (Å²) in [6.07, 6.45) is 19.8. The highest BCUT2D eigenvalue weighted by molar-refractivity contribution is 6.10. The summed E-state index contributed by atoms with van der Waals surface area (Å²) in [5.41, 5.74) is 3.82. The molecule has 3 rings (SSSR count). The molecule has 3 aliphatic rings. The van der Waals surface area contributed by atoms with E-state index in [-0.39, 0.29) is 13.6 Å². The van der Waals surface area contributed by atoms with Gasteiger partial charge in [0.15, 0.2) is 0 Å². The molecule has 2 aliphatic heterocycles. The molecule has 0 spiro atoms. The predicted octanol–water partition coefficient (Wildman–Crippen LogP) is 5.17. The van der Waals surface area contributed by atoms with E-state index in [0.717, 1.165) is 43.5 Å². The molecule has 0 bridgehead atoms. The van der Waals surface area contributed by atoms with E-state index < -0.39 is 0 Å². The highest BCUT2D eigenvalue weighted by Gasteiger charge is 2.22. The molecular weight excluding hydrogens is 332 g/mol. The number of aliphatic imine (C=N–C) groups is 2. The molecular formula is C23H34N4. The standard InChI is InChI=1S/C20H24N4.C2H6.CH4/c1-22-10-8-16-6-7-17(14-19(16)21)18-9-11-23-20(15-18)24-12-4-2-3-5-13-24;1-2;/h2-3,6-9,11,14,20-21H,1,4-5,10,12-13,15H2;1-2H3;1H4. The van der Waals surface area contributed by atoms with Gasteiger partial charge in [-0.2, -0.15) is 0 Å². The third-order valence-electron chi connectivity index (χ3n) is 4.55. The minimum atomic E-state index is 0. The van der Waals surface area contributed by atoms with Crippen LogP contribution in [0.3, 0.4) is 0 Å². The summed E-state index contributed by atoms with van der Waals surface area (Å²) in [6, 6.07) is 0. The SMILES string of the molecule is C.C=NCC=C1C=CC(C2=CC=NC(N3CCC=CCC3)C2)=CC1=N.CC. The lowest BCUT2D eigenvalue weighted by Gasteiger charge is -2.30. The van der Waals surface area contributed by atoms with Crippen molar-refractivity contribution in [3.05, 3.63) is 59.3 Å². The van der Waals surface area contributed by atoms with Crippen LogP contribution in [-0.4, -0.2) is 49.3 Å². The van der Waals surface area contributed by atoms with E-state index >= 15 is 0 Å². The monoisotopic (exact) mass is 366 g/mol. The molecule has 146 valence electrons. The molecule has 0 fully saturated rings. The molecule has 0 amide bonds. The quantitative estimate of drug-likeness (QED) is 0.541. The third-order valence-corrected chi connectivity index (χ3v) is 4.55. The first-order valence-electron chi connectivity index (χ1n) is 9.51. The third kappa shape index (κ3) is 6.40. The van der Waals surface area contributed by atoms with E-state index in [4.69, 9.17) is 5.41 Å². The number of rotatable bonds is 4. The van der Waals surface area contributed by atoms with Crippen molar-refractivity contribution in [1.82, 2.24) is 4.90 Å². The molecule has 1 N–H and O–H groups in total. The molecule has 2 heterocycles. The number of nitrogens with one attached hydrogen (secondary N) is 1. The van der Waals surface area contributed by atoms with Gasteiger partial charge in [-0.15, -0.1) is 0 Å². The highest BCUT2D eigenvalue weighted by Crippen LogP contribution is 2.27. The van der Waals surface area contributed by atoms with Gasteiger partial charge in [-0.05, 0) is 48.4 Å². The van der Waals surface area contributed by atoms with Crippen LogP contribution in [0.25, 0.3) is 0 Å². The van der Waals surface area contributed by atoms with Gasteiger partial charge in [-0.25, -0.2) is 0 Å². The number of allylic oxidation sites excluding steroid dienone is 6. The first-order valence-corrected chi connectivity index (χ1v) is 9.51. The smallest absolute Gasteiger partial charge is 0.106 e. The first kappa shape index (κ1) is 22.7. The van der Waals surface area contributed by atoms with E-state index in [0.29, 0.717) is 12.3 Å². The summed E-state index contributed by atoms with van der Waals surface area (Å²) in [4.78, 5) is 11.0. The zero-order valence-electron chi connectivity index (χ0n) is 16.0. The van der Waals surface area contributed by atoms with E-state index in [9.17, 15) is 0 Å². The maximum Gasteiger partial charge on any atom is 0.106 e.